The lowest BCUT2D eigenvalue weighted by atomic mass is 9.84. The molecule has 4 N–H and O–H groups in total. The molecule has 7 heteroatoms. The number of fused-ring (bicyclic) bond motifs is 1. The quantitative estimate of drug-likeness (QED) is 0.629. The third-order valence-corrected chi connectivity index (χ3v) is 6.63. The van der Waals surface area contributed by atoms with E-state index in [4.69, 9.17) is 5.73 Å². The van der Waals surface area contributed by atoms with Crippen molar-refractivity contribution in [1.29, 1.82) is 0 Å². The number of imide groups is 1. The van der Waals surface area contributed by atoms with Crippen molar-refractivity contribution < 1.29 is 14.4 Å². The number of hydrogen-bond acceptors (Lipinski definition) is 5. The minimum atomic E-state index is -0.568. The molecule has 1 aliphatic carbocycles. The zero-order chi connectivity index (χ0) is 20.4. The van der Waals surface area contributed by atoms with E-state index in [0.29, 0.717) is 43.6 Å². The standard InChI is InChI=1S/C22H30N4O3/c23-11-18(15-4-2-1-3-5-15)24-12-14-6-7-16-13-26(22(29)17(16)10-14)19-8-9-20(27)25-21(19)28/h6-7,10,15,18-19,24H,1-5,8-9,11-13,23H2,(H,25,27,28). The number of nitrogens with one attached hydrogen (secondary N) is 2. The fourth-order valence-corrected chi connectivity index (χ4v) is 4.94. The number of nitrogens with zero attached hydrogens (tertiary/aromatic N) is 1. The van der Waals surface area contributed by atoms with Gasteiger partial charge < -0.3 is 16.0 Å². The second-order valence-corrected chi connectivity index (χ2v) is 8.51. The zero-order valence-corrected chi connectivity index (χ0v) is 16.8. The van der Waals surface area contributed by atoms with Crippen LogP contribution in [0, 0.1) is 5.92 Å². The van der Waals surface area contributed by atoms with Crippen LogP contribution in [0.4, 0.5) is 0 Å². The molecule has 7 nitrogen and oxygen atoms in total. The number of nitrogens with two attached hydrogens (primary N) is 1. The maximum Gasteiger partial charge on any atom is 0.255 e. The molecule has 156 valence electrons. The van der Waals surface area contributed by atoms with Crippen LogP contribution in [0.1, 0.15) is 66.4 Å². The fourth-order valence-electron chi connectivity index (χ4n) is 4.94. The summed E-state index contributed by atoms with van der Waals surface area (Å²) in [6.07, 6.45) is 7.02. The number of hydrogen-bond donors (Lipinski definition) is 3. The Balaban J connectivity index is 1.41. The van der Waals surface area contributed by atoms with E-state index in [2.05, 4.69) is 10.6 Å². The number of carbonyl (C=O) groups excluding carboxylic acids is 3. The number of amides is 3. The molecular formula is C22H30N4O3. The topological polar surface area (TPSA) is 105 Å². The van der Waals surface area contributed by atoms with Crippen molar-refractivity contribution in [1.82, 2.24) is 15.5 Å². The molecule has 2 fully saturated rings. The molecule has 1 aromatic carbocycles. The monoisotopic (exact) mass is 398 g/mol. The van der Waals surface area contributed by atoms with E-state index in [0.717, 1.165) is 11.1 Å². The summed E-state index contributed by atoms with van der Waals surface area (Å²) in [5.41, 5.74) is 8.67. The first kappa shape index (κ1) is 20.0. The maximum absolute atomic E-state index is 12.9. The minimum absolute atomic E-state index is 0.126. The highest BCUT2D eigenvalue weighted by atomic mass is 16.2. The molecule has 4 rings (SSSR count). The molecular weight excluding hydrogens is 368 g/mol. The predicted octanol–water partition coefficient (Wildman–Crippen LogP) is 1.44. The Hall–Kier alpha value is -2.25. The molecule has 0 aromatic heterocycles. The largest absolute Gasteiger partial charge is 0.329 e. The van der Waals surface area contributed by atoms with Crippen LogP contribution in [-0.4, -0.2) is 41.2 Å². The summed E-state index contributed by atoms with van der Waals surface area (Å²) in [5, 5.41) is 5.94. The minimum Gasteiger partial charge on any atom is -0.329 e. The van der Waals surface area contributed by atoms with E-state index in [1.807, 2.05) is 18.2 Å². The van der Waals surface area contributed by atoms with Crippen LogP contribution in [-0.2, 0) is 22.7 Å². The van der Waals surface area contributed by atoms with E-state index < -0.39 is 6.04 Å². The second kappa shape index (κ2) is 8.63. The molecule has 2 unspecified atom stereocenters. The Morgan fingerprint density at radius 2 is 1.93 bits per heavy atom. The number of rotatable bonds is 6. The molecule has 3 aliphatic rings. The number of benzene rings is 1. The molecule has 0 radical (unpaired) electrons. The van der Waals surface area contributed by atoms with Gasteiger partial charge in [-0.3, -0.25) is 19.7 Å². The average Bonchev–Trinajstić information content (AvgIpc) is 3.05. The van der Waals surface area contributed by atoms with Crippen LogP contribution in [0.2, 0.25) is 0 Å². The average molecular weight is 399 g/mol. The fraction of sp³-hybridized carbons (Fsp3) is 0.591. The lowest BCUT2D eigenvalue weighted by molar-refractivity contribution is -0.136. The highest BCUT2D eigenvalue weighted by molar-refractivity contribution is 6.05. The predicted molar refractivity (Wildman–Crippen MR) is 109 cm³/mol. The summed E-state index contributed by atoms with van der Waals surface area (Å²) in [6, 6.07) is 5.70. The second-order valence-electron chi connectivity index (χ2n) is 8.51. The van der Waals surface area contributed by atoms with E-state index in [1.165, 1.54) is 32.1 Å². The smallest absolute Gasteiger partial charge is 0.255 e. The third-order valence-electron chi connectivity index (χ3n) is 6.63. The summed E-state index contributed by atoms with van der Waals surface area (Å²) in [5.74, 6) is -0.134. The van der Waals surface area contributed by atoms with Gasteiger partial charge in [-0.25, -0.2) is 0 Å². The Kier molecular flexibility index (Phi) is 5.96. The van der Waals surface area contributed by atoms with E-state index in [-0.39, 0.29) is 24.1 Å². The summed E-state index contributed by atoms with van der Waals surface area (Å²) in [7, 11) is 0. The van der Waals surface area contributed by atoms with Crippen molar-refractivity contribution >= 4 is 17.7 Å². The molecule has 1 aromatic rings. The molecule has 29 heavy (non-hydrogen) atoms. The van der Waals surface area contributed by atoms with Crippen LogP contribution in [0.25, 0.3) is 0 Å². The van der Waals surface area contributed by atoms with Gasteiger partial charge in [0.05, 0.1) is 0 Å². The van der Waals surface area contributed by atoms with Crippen molar-refractivity contribution in [2.45, 2.75) is 70.1 Å². The van der Waals surface area contributed by atoms with Gasteiger partial charge in [0.2, 0.25) is 11.8 Å². The first-order valence-electron chi connectivity index (χ1n) is 10.8. The van der Waals surface area contributed by atoms with Crippen molar-refractivity contribution in [2.75, 3.05) is 6.54 Å². The summed E-state index contributed by atoms with van der Waals surface area (Å²) < 4.78 is 0. The molecule has 0 bridgehead atoms. The highest BCUT2D eigenvalue weighted by Crippen LogP contribution is 2.29. The SMILES string of the molecule is NCC(NCc1ccc2c(c1)C(=O)N(C1CCC(=O)NC1=O)C2)C1CCCCC1. The highest BCUT2D eigenvalue weighted by Gasteiger charge is 2.39. The van der Waals surface area contributed by atoms with Gasteiger partial charge >= 0.3 is 0 Å². The first-order chi connectivity index (χ1) is 14.1. The Morgan fingerprint density at radius 1 is 1.14 bits per heavy atom. The van der Waals surface area contributed by atoms with Crippen LogP contribution in [0.5, 0.6) is 0 Å². The van der Waals surface area contributed by atoms with Gasteiger partial charge in [0.1, 0.15) is 6.04 Å². The van der Waals surface area contributed by atoms with Gasteiger partial charge in [-0.15, -0.1) is 0 Å². The summed E-state index contributed by atoms with van der Waals surface area (Å²) in [6.45, 7) is 1.72. The Morgan fingerprint density at radius 3 is 2.66 bits per heavy atom. The van der Waals surface area contributed by atoms with Crippen LogP contribution in [0.3, 0.4) is 0 Å². The lowest BCUT2D eigenvalue weighted by Crippen LogP contribution is -2.52. The van der Waals surface area contributed by atoms with Gasteiger partial charge in [0.15, 0.2) is 0 Å². The molecule has 3 amide bonds. The lowest BCUT2D eigenvalue weighted by Gasteiger charge is -2.30. The van der Waals surface area contributed by atoms with Crippen molar-refractivity contribution in [2.24, 2.45) is 11.7 Å². The molecule has 0 spiro atoms. The Bertz CT molecular complexity index is 803. The van der Waals surface area contributed by atoms with Gasteiger partial charge in [-0.1, -0.05) is 31.4 Å². The van der Waals surface area contributed by atoms with Crippen LogP contribution < -0.4 is 16.4 Å². The van der Waals surface area contributed by atoms with Gasteiger partial charge in [0, 0.05) is 37.7 Å². The maximum atomic E-state index is 12.9. The van der Waals surface area contributed by atoms with Crippen molar-refractivity contribution in [3.63, 3.8) is 0 Å². The van der Waals surface area contributed by atoms with Gasteiger partial charge in [-0.05, 0) is 42.4 Å². The van der Waals surface area contributed by atoms with Crippen LogP contribution >= 0.6 is 0 Å². The van der Waals surface area contributed by atoms with Gasteiger partial charge in [-0.2, -0.15) is 0 Å². The van der Waals surface area contributed by atoms with E-state index in [1.54, 1.807) is 4.90 Å². The number of carbonyl (C=O) groups is 3. The molecule has 1 saturated heterocycles. The zero-order valence-electron chi connectivity index (χ0n) is 16.8. The van der Waals surface area contributed by atoms with E-state index in [9.17, 15) is 14.4 Å². The van der Waals surface area contributed by atoms with Gasteiger partial charge in [0.25, 0.3) is 5.91 Å². The normalized spacial score (nSPS) is 23.8. The number of piperidine rings is 1. The van der Waals surface area contributed by atoms with Crippen molar-refractivity contribution in [3.05, 3.63) is 34.9 Å². The summed E-state index contributed by atoms with van der Waals surface area (Å²) >= 11 is 0. The van der Waals surface area contributed by atoms with Crippen molar-refractivity contribution in [3.8, 4) is 0 Å². The third kappa shape index (κ3) is 4.21. The molecule has 2 heterocycles. The van der Waals surface area contributed by atoms with E-state index >= 15 is 0 Å². The molecule has 2 atom stereocenters. The molecule has 2 aliphatic heterocycles. The summed E-state index contributed by atoms with van der Waals surface area (Å²) in [4.78, 5) is 38.1. The molecule has 1 saturated carbocycles. The Labute approximate surface area is 171 Å². The first-order valence-corrected chi connectivity index (χ1v) is 10.8. The van der Waals surface area contributed by atoms with Crippen LogP contribution in [0.15, 0.2) is 18.2 Å².